The Hall–Kier alpha value is -0.617. The van der Waals surface area contributed by atoms with E-state index >= 15 is 0 Å². The summed E-state index contributed by atoms with van der Waals surface area (Å²) in [7, 11) is 0. The van der Waals surface area contributed by atoms with Gasteiger partial charge in [-0.1, -0.05) is 81.0 Å². The van der Waals surface area contributed by atoms with E-state index in [1.165, 1.54) is 22.3 Å². The van der Waals surface area contributed by atoms with Crippen LogP contribution in [0.5, 0.6) is 0 Å². The van der Waals surface area contributed by atoms with E-state index in [9.17, 15) is 0 Å². The maximum Gasteiger partial charge on any atom is 0 e. The number of allylic oxidation sites excluding steroid dienone is 4. The van der Waals surface area contributed by atoms with E-state index < -0.39 is 0 Å². The summed E-state index contributed by atoms with van der Waals surface area (Å²) in [5.74, 6) is 0. The van der Waals surface area contributed by atoms with Crippen molar-refractivity contribution in [1.82, 2.24) is 0 Å². The Bertz CT molecular complexity index is 842. The van der Waals surface area contributed by atoms with Gasteiger partial charge in [0.05, 0.1) is 0 Å². The van der Waals surface area contributed by atoms with Gasteiger partial charge >= 0.3 is 0 Å². The van der Waals surface area contributed by atoms with Gasteiger partial charge in [-0.25, -0.2) is 0 Å². The third-order valence-electron chi connectivity index (χ3n) is 5.17. The average Bonchev–Trinajstić information content (AvgIpc) is 3.13. The molecule has 0 saturated carbocycles. The molecule has 0 atom stereocenters. The summed E-state index contributed by atoms with van der Waals surface area (Å²) in [4.78, 5) is 0. The molecule has 0 amide bonds. The number of hydrogen-bond acceptors (Lipinski definition) is 0. The number of benzene rings is 2. The first-order valence-electron chi connectivity index (χ1n) is 8.62. The second-order valence-corrected chi connectivity index (χ2v) is 7.84. The Labute approximate surface area is 189 Å². The van der Waals surface area contributed by atoms with Crippen molar-refractivity contribution in [3.63, 3.8) is 0 Å². The molecule has 0 nitrogen and oxygen atoms in total. The molecule has 0 aliphatic heterocycles. The van der Waals surface area contributed by atoms with Crippen LogP contribution in [0.3, 0.4) is 0 Å². The van der Waals surface area contributed by atoms with Gasteiger partial charge in [0.1, 0.15) is 0 Å². The average molecular weight is 465 g/mol. The van der Waals surface area contributed by atoms with Crippen molar-refractivity contribution in [3.05, 3.63) is 82.5 Å². The Morgan fingerprint density at radius 2 is 1.65 bits per heavy atom. The number of halogens is 2. The molecule has 0 heterocycles. The monoisotopic (exact) mass is 462 g/mol. The third-order valence-corrected chi connectivity index (χ3v) is 5.17. The smallest absolute Gasteiger partial charge is 0 e. The van der Waals surface area contributed by atoms with Crippen molar-refractivity contribution in [2.75, 3.05) is 0 Å². The van der Waals surface area contributed by atoms with Crippen molar-refractivity contribution in [3.8, 4) is 11.1 Å². The summed E-state index contributed by atoms with van der Waals surface area (Å²) in [5.41, 5.74) is 10.7. The molecule has 2 aliphatic carbocycles. The Morgan fingerprint density at radius 3 is 2.31 bits per heavy atom. The van der Waals surface area contributed by atoms with Crippen LogP contribution in [0.2, 0.25) is 0 Å². The molecule has 0 spiro atoms. The Kier molecular flexibility index (Phi) is 8.15. The topological polar surface area (TPSA) is 0 Å². The van der Waals surface area contributed by atoms with E-state index in [0.717, 1.165) is 19.3 Å². The molecule has 0 radical (unpaired) electrons. The zero-order chi connectivity index (χ0) is 16.0. The van der Waals surface area contributed by atoms with E-state index in [-0.39, 0.29) is 56.4 Å². The minimum absolute atomic E-state index is 0. The summed E-state index contributed by atoms with van der Waals surface area (Å²) in [6, 6.07) is 13.6. The van der Waals surface area contributed by atoms with Gasteiger partial charge in [0.15, 0.2) is 0 Å². The van der Waals surface area contributed by atoms with Crippen LogP contribution in [0.15, 0.2) is 60.2 Å². The summed E-state index contributed by atoms with van der Waals surface area (Å²) in [5, 5.41) is 0. The number of fused-ring (bicyclic) bond motifs is 3. The minimum Gasteiger partial charge on any atom is -0.147 e. The van der Waals surface area contributed by atoms with Crippen molar-refractivity contribution >= 4 is 24.8 Å². The molecule has 26 heavy (non-hydrogen) atoms. The van der Waals surface area contributed by atoms with Gasteiger partial charge in [0.25, 0.3) is 0 Å². The number of rotatable bonds is 2. The summed E-state index contributed by atoms with van der Waals surface area (Å²) < 4.78 is 0. The molecule has 2 aliphatic rings. The fourth-order valence-electron chi connectivity index (χ4n) is 4.03. The van der Waals surface area contributed by atoms with Crippen LogP contribution >= 0.6 is 24.8 Å². The van der Waals surface area contributed by atoms with Crippen molar-refractivity contribution in [2.24, 2.45) is 0 Å². The zero-order valence-corrected chi connectivity index (χ0v) is 19.7. The quantitative estimate of drug-likeness (QED) is 0.390. The molecule has 2 aromatic rings. The molecule has 3 heteroatoms. The molecule has 0 unspecified atom stereocenters. The largest absolute Gasteiger partial charge is 0.147 e. The van der Waals surface area contributed by atoms with E-state index in [1.54, 1.807) is 16.7 Å². The molecular formula is C23H26Cl2Zr. The van der Waals surface area contributed by atoms with Gasteiger partial charge in [-0.3, -0.25) is 0 Å². The molecular weight excluding hydrogens is 438 g/mol. The van der Waals surface area contributed by atoms with Crippen molar-refractivity contribution < 1.29 is 26.2 Å². The predicted molar refractivity (Wildman–Crippen MR) is 113 cm³/mol. The van der Waals surface area contributed by atoms with Gasteiger partial charge in [-0.2, -0.15) is 0 Å². The summed E-state index contributed by atoms with van der Waals surface area (Å²) in [6.45, 7) is 7.00. The summed E-state index contributed by atoms with van der Waals surface area (Å²) in [6.07, 6.45) is 10.1. The van der Waals surface area contributed by atoms with Gasteiger partial charge in [0, 0.05) is 26.2 Å². The summed E-state index contributed by atoms with van der Waals surface area (Å²) >= 11 is 0. The normalized spacial score (nSPS) is 13.7. The molecule has 2 aromatic carbocycles. The first kappa shape index (κ1) is 23.4. The van der Waals surface area contributed by atoms with E-state index in [4.69, 9.17) is 0 Å². The second-order valence-electron chi connectivity index (χ2n) is 7.84. The molecule has 136 valence electrons. The first-order chi connectivity index (χ1) is 11.0. The van der Waals surface area contributed by atoms with Gasteiger partial charge < -0.3 is 0 Å². The van der Waals surface area contributed by atoms with Crippen LogP contribution in [0.4, 0.5) is 0 Å². The second kappa shape index (κ2) is 9.05. The fourth-order valence-corrected chi connectivity index (χ4v) is 4.03. The standard InChI is InChI=1S/C23H24.2ClH.Zr/c1-23(2,3)22-13-12-19-18-11-7-6-10-17(18)15-20(19)21(22)14-16-8-4-5-9-16;;;/h4-8,10-13H,9,14-15H2,1-3H3;2*1H;. The van der Waals surface area contributed by atoms with Crippen LogP contribution in [-0.4, -0.2) is 0 Å². The number of hydrogen-bond donors (Lipinski definition) is 0. The van der Waals surface area contributed by atoms with Crippen LogP contribution < -0.4 is 0 Å². The Morgan fingerprint density at radius 1 is 0.923 bits per heavy atom. The van der Waals surface area contributed by atoms with Crippen LogP contribution in [-0.2, 0) is 44.5 Å². The fraction of sp³-hybridized carbons (Fsp3) is 0.304. The van der Waals surface area contributed by atoms with E-state index in [2.05, 4.69) is 75.4 Å². The minimum atomic E-state index is 0. The maximum absolute atomic E-state index is 2.37. The zero-order valence-electron chi connectivity index (χ0n) is 15.6. The molecule has 4 rings (SSSR count). The molecule has 0 bridgehead atoms. The maximum atomic E-state index is 2.37. The SMILES string of the molecule is CC(C)(C)c1ccc2c(c1CC1=CC=CC1)Cc1ccccc1-2.Cl.Cl.[Zr]. The van der Waals surface area contributed by atoms with Crippen LogP contribution in [0, 0.1) is 0 Å². The molecule has 0 aromatic heterocycles. The Balaban J connectivity index is 0.00000113. The molecule has 0 saturated heterocycles. The first-order valence-corrected chi connectivity index (χ1v) is 8.62. The van der Waals surface area contributed by atoms with Crippen molar-refractivity contribution in [1.29, 1.82) is 0 Å². The van der Waals surface area contributed by atoms with E-state index in [1.807, 2.05) is 0 Å². The predicted octanol–water partition coefficient (Wildman–Crippen LogP) is 6.83. The van der Waals surface area contributed by atoms with Crippen molar-refractivity contribution in [2.45, 2.75) is 45.4 Å². The third kappa shape index (κ3) is 4.27. The molecule has 0 N–H and O–H groups in total. The van der Waals surface area contributed by atoms with Gasteiger partial charge in [-0.05, 0) is 58.1 Å². The van der Waals surface area contributed by atoms with Crippen LogP contribution in [0.25, 0.3) is 11.1 Å². The van der Waals surface area contributed by atoms with E-state index in [0.29, 0.717) is 0 Å². The van der Waals surface area contributed by atoms with Crippen LogP contribution in [0.1, 0.15) is 49.4 Å². The molecule has 0 fully saturated rings. The van der Waals surface area contributed by atoms with Gasteiger partial charge in [0.2, 0.25) is 0 Å². The van der Waals surface area contributed by atoms with Gasteiger partial charge in [-0.15, -0.1) is 24.8 Å².